The van der Waals surface area contributed by atoms with E-state index in [4.69, 9.17) is 4.74 Å². The SMILES string of the molecule is CCCCCCCOc1ccncc1CNC(C)(C)C. The van der Waals surface area contributed by atoms with Crippen LogP contribution in [0.4, 0.5) is 0 Å². The Labute approximate surface area is 124 Å². The molecule has 0 spiro atoms. The van der Waals surface area contributed by atoms with Gasteiger partial charge in [0.15, 0.2) is 0 Å². The zero-order valence-electron chi connectivity index (χ0n) is 13.5. The molecule has 0 aliphatic rings. The lowest BCUT2D eigenvalue weighted by Gasteiger charge is -2.21. The number of aromatic nitrogens is 1. The van der Waals surface area contributed by atoms with E-state index in [0.717, 1.165) is 30.9 Å². The Hall–Kier alpha value is -1.09. The van der Waals surface area contributed by atoms with Crippen molar-refractivity contribution < 1.29 is 4.74 Å². The van der Waals surface area contributed by atoms with Gasteiger partial charge in [-0.2, -0.15) is 0 Å². The quantitative estimate of drug-likeness (QED) is 0.683. The van der Waals surface area contributed by atoms with Crippen LogP contribution in [0.25, 0.3) is 0 Å². The minimum atomic E-state index is 0.104. The Balaban J connectivity index is 2.37. The summed E-state index contributed by atoms with van der Waals surface area (Å²) in [5.74, 6) is 0.965. The zero-order valence-corrected chi connectivity index (χ0v) is 13.5. The maximum absolute atomic E-state index is 5.90. The molecule has 0 aliphatic heterocycles. The van der Waals surface area contributed by atoms with Crippen LogP contribution in [0.2, 0.25) is 0 Å². The molecule has 0 fully saturated rings. The molecule has 3 heteroatoms. The molecule has 1 heterocycles. The minimum Gasteiger partial charge on any atom is -0.493 e. The van der Waals surface area contributed by atoms with Crippen molar-refractivity contribution in [2.24, 2.45) is 0 Å². The van der Waals surface area contributed by atoms with E-state index in [1.807, 2.05) is 12.3 Å². The van der Waals surface area contributed by atoms with Crippen LogP contribution in [0.1, 0.15) is 65.4 Å². The van der Waals surface area contributed by atoms with Gasteiger partial charge in [0.1, 0.15) is 5.75 Å². The summed E-state index contributed by atoms with van der Waals surface area (Å²) in [4.78, 5) is 4.19. The van der Waals surface area contributed by atoms with Crippen molar-refractivity contribution in [2.75, 3.05) is 6.61 Å². The molecule has 0 bridgehead atoms. The third-order valence-corrected chi connectivity index (χ3v) is 3.17. The number of nitrogens with one attached hydrogen (secondary N) is 1. The molecule has 1 N–H and O–H groups in total. The van der Waals surface area contributed by atoms with E-state index in [2.05, 4.69) is 38.0 Å². The van der Waals surface area contributed by atoms with Crippen molar-refractivity contribution in [1.29, 1.82) is 0 Å². The van der Waals surface area contributed by atoms with Gasteiger partial charge in [-0.25, -0.2) is 0 Å². The third-order valence-electron chi connectivity index (χ3n) is 3.17. The second kappa shape index (κ2) is 8.96. The van der Waals surface area contributed by atoms with Crippen molar-refractivity contribution >= 4 is 0 Å². The molecule has 0 amide bonds. The van der Waals surface area contributed by atoms with Crippen LogP contribution in [-0.2, 0) is 6.54 Å². The Morgan fingerprint density at radius 3 is 2.60 bits per heavy atom. The molecular formula is C17H30N2O. The molecule has 0 unspecified atom stereocenters. The molecule has 3 nitrogen and oxygen atoms in total. The van der Waals surface area contributed by atoms with E-state index < -0.39 is 0 Å². The lowest BCUT2D eigenvalue weighted by Crippen LogP contribution is -2.35. The van der Waals surface area contributed by atoms with Crippen LogP contribution in [0, 0.1) is 0 Å². The fraction of sp³-hybridized carbons (Fsp3) is 0.706. The fourth-order valence-electron chi connectivity index (χ4n) is 1.94. The van der Waals surface area contributed by atoms with Gasteiger partial charge in [0.2, 0.25) is 0 Å². The molecule has 1 rings (SSSR count). The average molecular weight is 278 g/mol. The smallest absolute Gasteiger partial charge is 0.126 e. The molecule has 0 aliphatic carbocycles. The van der Waals surface area contributed by atoms with E-state index in [9.17, 15) is 0 Å². The topological polar surface area (TPSA) is 34.1 Å². The molecule has 0 radical (unpaired) electrons. The van der Waals surface area contributed by atoms with Gasteiger partial charge in [-0.15, -0.1) is 0 Å². The van der Waals surface area contributed by atoms with Gasteiger partial charge in [-0.05, 0) is 33.3 Å². The van der Waals surface area contributed by atoms with Crippen LogP contribution < -0.4 is 10.1 Å². The number of nitrogens with zero attached hydrogens (tertiary/aromatic N) is 1. The van der Waals surface area contributed by atoms with Crippen LogP contribution in [-0.4, -0.2) is 17.1 Å². The number of unbranched alkanes of at least 4 members (excludes halogenated alkanes) is 4. The molecule has 1 aromatic rings. The van der Waals surface area contributed by atoms with E-state index in [1.54, 1.807) is 6.20 Å². The van der Waals surface area contributed by atoms with Gasteiger partial charge in [-0.1, -0.05) is 32.6 Å². The predicted molar refractivity (Wildman–Crippen MR) is 85.1 cm³/mol. The van der Waals surface area contributed by atoms with Crippen molar-refractivity contribution in [2.45, 2.75) is 71.9 Å². The normalized spacial score (nSPS) is 11.6. The van der Waals surface area contributed by atoms with Crippen molar-refractivity contribution in [3.8, 4) is 5.75 Å². The summed E-state index contributed by atoms with van der Waals surface area (Å²) >= 11 is 0. The summed E-state index contributed by atoms with van der Waals surface area (Å²) in [5, 5.41) is 3.48. The highest BCUT2D eigenvalue weighted by Crippen LogP contribution is 2.18. The molecule has 20 heavy (non-hydrogen) atoms. The number of ether oxygens (including phenoxy) is 1. The minimum absolute atomic E-state index is 0.104. The summed E-state index contributed by atoms with van der Waals surface area (Å²) in [7, 11) is 0. The summed E-state index contributed by atoms with van der Waals surface area (Å²) in [6.45, 7) is 10.3. The Kier molecular flexibility index (Phi) is 7.60. The van der Waals surface area contributed by atoms with Gasteiger partial charge in [0, 0.05) is 30.0 Å². The van der Waals surface area contributed by atoms with Crippen LogP contribution in [0.3, 0.4) is 0 Å². The predicted octanol–water partition coefficient (Wildman–Crippen LogP) is 4.32. The fourth-order valence-corrected chi connectivity index (χ4v) is 1.94. The largest absolute Gasteiger partial charge is 0.493 e. The highest BCUT2D eigenvalue weighted by molar-refractivity contribution is 5.30. The van der Waals surface area contributed by atoms with E-state index in [0.29, 0.717) is 0 Å². The monoisotopic (exact) mass is 278 g/mol. The van der Waals surface area contributed by atoms with Gasteiger partial charge < -0.3 is 10.1 Å². The van der Waals surface area contributed by atoms with Gasteiger partial charge in [-0.3, -0.25) is 4.98 Å². The number of hydrogen-bond donors (Lipinski definition) is 1. The number of rotatable bonds is 9. The zero-order chi connectivity index (χ0) is 14.8. The summed E-state index contributed by atoms with van der Waals surface area (Å²) in [5.41, 5.74) is 1.24. The van der Waals surface area contributed by atoms with Gasteiger partial charge in [0.25, 0.3) is 0 Å². The highest BCUT2D eigenvalue weighted by atomic mass is 16.5. The molecule has 114 valence electrons. The third kappa shape index (κ3) is 7.49. The Bertz CT molecular complexity index is 371. The first-order valence-corrected chi connectivity index (χ1v) is 7.83. The molecule has 0 aromatic carbocycles. The second-order valence-electron chi connectivity index (χ2n) is 6.35. The van der Waals surface area contributed by atoms with Gasteiger partial charge in [0.05, 0.1) is 6.61 Å². The summed E-state index contributed by atoms with van der Waals surface area (Å²) < 4.78 is 5.90. The van der Waals surface area contributed by atoms with Crippen LogP contribution in [0.15, 0.2) is 18.5 Å². The number of hydrogen-bond acceptors (Lipinski definition) is 3. The highest BCUT2D eigenvalue weighted by Gasteiger charge is 2.11. The first kappa shape index (κ1) is 17.0. The Morgan fingerprint density at radius 1 is 1.15 bits per heavy atom. The standard InChI is InChI=1S/C17H30N2O/c1-5-6-7-8-9-12-20-16-10-11-18-13-15(16)14-19-17(2,3)4/h10-11,13,19H,5-9,12,14H2,1-4H3. The van der Waals surface area contributed by atoms with E-state index >= 15 is 0 Å². The van der Waals surface area contributed by atoms with Crippen molar-refractivity contribution in [3.63, 3.8) is 0 Å². The first-order chi connectivity index (χ1) is 9.53. The van der Waals surface area contributed by atoms with E-state index in [-0.39, 0.29) is 5.54 Å². The summed E-state index contributed by atoms with van der Waals surface area (Å²) in [6.07, 6.45) is 10.0. The lowest BCUT2D eigenvalue weighted by atomic mass is 10.1. The Morgan fingerprint density at radius 2 is 1.90 bits per heavy atom. The number of pyridine rings is 1. The van der Waals surface area contributed by atoms with Gasteiger partial charge >= 0.3 is 0 Å². The maximum atomic E-state index is 5.90. The summed E-state index contributed by atoms with van der Waals surface area (Å²) in [6, 6.07) is 1.96. The molecule has 1 aromatic heterocycles. The van der Waals surface area contributed by atoms with Crippen molar-refractivity contribution in [3.05, 3.63) is 24.0 Å². The second-order valence-corrected chi connectivity index (χ2v) is 6.35. The maximum Gasteiger partial charge on any atom is 0.126 e. The van der Waals surface area contributed by atoms with Crippen LogP contribution >= 0.6 is 0 Å². The van der Waals surface area contributed by atoms with E-state index in [1.165, 1.54) is 25.7 Å². The molecule has 0 saturated heterocycles. The molecule has 0 saturated carbocycles. The average Bonchev–Trinajstić information content (AvgIpc) is 2.40. The van der Waals surface area contributed by atoms with Crippen LogP contribution in [0.5, 0.6) is 5.75 Å². The van der Waals surface area contributed by atoms with Crippen molar-refractivity contribution in [1.82, 2.24) is 10.3 Å². The molecular weight excluding hydrogens is 248 g/mol. The lowest BCUT2D eigenvalue weighted by molar-refractivity contribution is 0.298. The molecule has 0 atom stereocenters. The first-order valence-electron chi connectivity index (χ1n) is 7.83.